The van der Waals surface area contributed by atoms with Crippen LogP contribution in [0.1, 0.15) is 31.7 Å². The van der Waals surface area contributed by atoms with Crippen molar-refractivity contribution in [1.29, 1.82) is 0 Å². The summed E-state index contributed by atoms with van der Waals surface area (Å²) in [5.41, 5.74) is 6.92. The summed E-state index contributed by atoms with van der Waals surface area (Å²) >= 11 is 0. The van der Waals surface area contributed by atoms with Crippen LogP contribution >= 0.6 is 24.0 Å². The number of pyridine rings is 1. The summed E-state index contributed by atoms with van der Waals surface area (Å²) in [6, 6.07) is 3.80. The number of hydrogen-bond donors (Lipinski definition) is 3. The molecule has 4 N–H and O–H groups in total. The topological polar surface area (TPSA) is 122 Å². The van der Waals surface area contributed by atoms with E-state index in [-0.39, 0.29) is 55.0 Å². The average Bonchev–Trinajstić information content (AvgIpc) is 2.64. The number of aromatic nitrogens is 1. The fourth-order valence-electron chi connectivity index (χ4n) is 2.70. The van der Waals surface area contributed by atoms with E-state index in [0.717, 1.165) is 18.4 Å². The number of guanidine groups is 1. The fraction of sp³-hybridized carbons (Fsp3) is 0.556. The minimum Gasteiger partial charge on any atom is -0.450 e. The molecule has 28 heavy (non-hydrogen) atoms. The third-order valence-corrected chi connectivity index (χ3v) is 4.17. The molecule has 0 unspecified atom stereocenters. The van der Waals surface area contributed by atoms with Gasteiger partial charge in [0, 0.05) is 31.7 Å². The molecule has 0 radical (unpaired) electrons. The number of nitrogens with two attached hydrogens (primary N) is 1. The molecule has 1 aliphatic heterocycles. The van der Waals surface area contributed by atoms with E-state index in [4.69, 9.17) is 10.5 Å². The van der Waals surface area contributed by atoms with Gasteiger partial charge in [0.2, 0.25) is 5.91 Å². The number of halogens is 1. The number of hydrogen-bond acceptors (Lipinski definition) is 5. The van der Waals surface area contributed by atoms with Crippen molar-refractivity contribution in [2.24, 2.45) is 10.7 Å². The lowest BCUT2D eigenvalue weighted by atomic mass is 10.1. The number of amides is 2. The third-order valence-electron chi connectivity index (χ3n) is 4.17. The normalized spacial score (nSPS) is 14.8. The number of piperidine rings is 1. The summed E-state index contributed by atoms with van der Waals surface area (Å²) in [5, 5.41) is 5.87. The van der Waals surface area contributed by atoms with Gasteiger partial charge in [0.05, 0.1) is 13.2 Å². The molecule has 1 fully saturated rings. The first kappa shape index (κ1) is 23.9. The van der Waals surface area contributed by atoms with Gasteiger partial charge in [-0.05, 0) is 38.3 Å². The van der Waals surface area contributed by atoms with Crippen LogP contribution in [0.3, 0.4) is 0 Å². The zero-order valence-electron chi connectivity index (χ0n) is 16.3. The van der Waals surface area contributed by atoms with Gasteiger partial charge < -0.3 is 26.0 Å². The molecule has 1 aromatic rings. The molecule has 0 saturated carbocycles. The molecule has 10 heteroatoms. The number of rotatable bonds is 6. The van der Waals surface area contributed by atoms with Crippen LogP contribution in [0.25, 0.3) is 0 Å². The van der Waals surface area contributed by atoms with Crippen molar-refractivity contribution in [3.63, 3.8) is 0 Å². The average molecular weight is 504 g/mol. The van der Waals surface area contributed by atoms with E-state index in [1.807, 2.05) is 13.0 Å². The van der Waals surface area contributed by atoms with E-state index < -0.39 is 0 Å². The Bertz CT molecular complexity index is 660. The van der Waals surface area contributed by atoms with E-state index >= 15 is 0 Å². The van der Waals surface area contributed by atoms with Gasteiger partial charge in [0.1, 0.15) is 5.82 Å². The molecule has 0 atom stereocenters. The zero-order valence-corrected chi connectivity index (χ0v) is 18.6. The molecule has 9 nitrogen and oxygen atoms in total. The van der Waals surface area contributed by atoms with E-state index in [9.17, 15) is 9.59 Å². The Hall–Kier alpha value is -2.11. The predicted octanol–water partition coefficient (Wildman–Crippen LogP) is 1.86. The van der Waals surface area contributed by atoms with Gasteiger partial charge in [0.15, 0.2) is 5.96 Å². The highest BCUT2D eigenvalue weighted by Crippen LogP contribution is 2.11. The second-order valence-corrected chi connectivity index (χ2v) is 6.39. The lowest BCUT2D eigenvalue weighted by Crippen LogP contribution is -2.48. The summed E-state index contributed by atoms with van der Waals surface area (Å²) in [4.78, 5) is 33.6. The number of aryl methyl sites for hydroxylation is 1. The Kier molecular flexibility index (Phi) is 10.6. The highest BCUT2D eigenvalue weighted by molar-refractivity contribution is 14.0. The summed E-state index contributed by atoms with van der Waals surface area (Å²) in [7, 11) is 0. The molecule has 1 aliphatic rings. The number of carbonyl (C=O) groups is 2. The van der Waals surface area contributed by atoms with Crippen LogP contribution in [-0.2, 0) is 9.53 Å². The number of aliphatic imine (C=N–C) groups is 1. The van der Waals surface area contributed by atoms with Crippen LogP contribution in [0.2, 0.25) is 0 Å². The predicted molar refractivity (Wildman–Crippen MR) is 119 cm³/mol. The molecule has 156 valence electrons. The minimum atomic E-state index is -0.272. The van der Waals surface area contributed by atoms with Gasteiger partial charge >= 0.3 is 6.09 Å². The Labute approximate surface area is 182 Å². The zero-order chi connectivity index (χ0) is 19.6. The van der Waals surface area contributed by atoms with E-state index in [1.165, 1.54) is 0 Å². The molecular weight excluding hydrogens is 475 g/mol. The molecular formula is C18H29IN6O3. The maximum absolute atomic E-state index is 11.9. The highest BCUT2D eigenvalue weighted by atomic mass is 127. The van der Waals surface area contributed by atoms with E-state index in [1.54, 1.807) is 24.1 Å². The van der Waals surface area contributed by atoms with Gasteiger partial charge in [0.25, 0.3) is 0 Å². The standard InChI is InChI=1S/C18H28N6O3.HI/c1-3-27-18(26)24-10-7-14(8-11-24)22-17(19)20-9-6-16(25)23-15-5-4-13(2)12-21-15;/h4-5,12,14H,3,6-11H2,1-2H3,(H3,19,20,22)(H,21,23,25);1H. The number of anilines is 1. The molecule has 2 rings (SSSR count). The minimum absolute atomic E-state index is 0. The van der Waals surface area contributed by atoms with Crippen molar-refractivity contribution in [3.05, 3.63) is 23.9 Å². The molecule has 1 saturated heterocycles. The largest absolute Gasteiger partial charge is 0.450 e. The van der Waals surface area contributed by atoms with Crippen LogP contribution in [-0.4, -0.2) is 60.1 Å². The molecule has 1 aromatic heterocycles. The summed E-state index contributed by atoms with van der Waals surface area (Å²) in [6.07, 6.45) is 3.19. The fourth-order valence-corrected chi connectivity index (χ4v) is 2.70. The SMILES string of the molecule is CCOC(=O)N1CCC(NC(N)=NCCC(=O)Nc2ccc(C)cn2)CC1.I. The lowest BCUT2D eigenvalue weighted by Gasteiger charge is -2.31. The molecule has 0 spiro atoms. The van der Waals surface area contributed by atoms with Gasteiger partial charge in [-0.15, -0.1) is 24.0 Å². The Morgan fingerprint density at radius 2 is 2.07 bits per heavy atom. The number of ether oxygens (including phenoxy) is 1. The van der Waals surface area contributed by atoms with Gasteiger partial charge in [-0.25, -0.2) is 9.78 Å². The van der Waals surface area contributed by atoms with Crippen molar-refractivity contribution in [2.45, 2.75) is 39.2 Å². The van der Waals surface area contributed by atoms with E-state index in [2.05, 4.69) is 20.6 Å². The quantitative estimate of drug-likeness (QED) is 0.309. The highest BCUT2D eigenvalue weighted by Gasteiger charge is 2.23. The molecule has 2 amide bonds. The van der Waals surface area contributed by atoms with Crippen LogP contribution in [0.5, 0.6) is 0 Å². The second-order valence-electron chi connectivity index (χ2n) is 6.39. The smallest absolute Gasteiger partial charge is 0.409 e. The summed E-state index contributed by atoms with van der Waals surface area (Å²) in [6.45, 7) is 5.64. The van der Waals surface area contributed by atoms with Crippen molar-refractivity contribution < 1.29 is 14.3 Å². The van der Waals surface area contributed by atoms with Crippen molar-refractivity contribution >= 4 is 47.8 Å². The van der Waals surface area contributed by atoms with Crippen LogP contribution in [0, 0.1) is 6.92 Å². The maximum Gasteiger partial charge on any atom is 0.409 e. The Morgan fingerprint density at radius 3 is 2.68 bits per heavy atom. The Balaban J connectivity index is 0.00000392. The summed E-state index contributed by atoms with van der Waals surface area (Å²) < 4.78 is 5.00. The number of carbonyl (C=O) groups excluding carboxylic acids is 2. The van der Waals surface area contributed by atoms with Gasteiger partial charge in [-0.2, -0.15) is 0 Å². The monoisotopic (exact) mass is 504 g/mol. The van der Waals surface area contributed by atoms with Crippen molar-refractivity contribution in [3.8, 4) is 0 Å². The lowest BCUT2D eigenvalue weighted by molar-refractivity contribution is -0.116. The Morgan fingerprint density at radius 1 is 1.36 bits per heavy atom. The molecule has 0 bridgehead atoms. The van der Waals surface area contributed by atoms with Crippen LogP contribution in [0.15, 0.2) is 23.3 Å². The van der Waals surface area contributed by atoms with Gasteiger partial charge in [-0.1, -0.05) is 6.07 Å². The number of nitrogens with one attached hydrogen (secondary N) is 2. The van der Waals surface area contributed by atoms with Crippen molar-refractivity contribution in [2.75, 3.05) is 31.6 Å². The molecule has 2 heterocycles. The second kappa shape index (κ2) is 12.4. The molecule has 0 aromatic carbocycles. The van der Waals surface area contributed by atoms with Crippen LogP contribution in [0.4, 0.5) is 10.6 Å². The van der Waals surface area contributed by atoms with Crippen molar-refractivity contribution in [1.82, 2.24) is 15.2 Å². The summed E-state index contributed by atoms with van der Waals surface area (Å²) in [5.74, 6) is 0.672. The third kappa shape index (κ3) is 8.28. The number of likely N-dealkylation sites (tertiary alicyclic amines) is 1. The van der Waals surface area contributed by atoms with Crippen LogP contribution < -0.4 is 16.4 Å². The van der Waals surface area contributed by atoms with Gasteiger partial charge in [-0.3, -0.25) is 9.79 Å². The maximum atomic E-state index is 11.9. The molecule has 0 aliphatic carbocycles. The first-order valence-electron chi connectivity index (χ1n) is 9.18. The first-order chi connectivity index (χ1) is 13.0. The number of nitrogens with zero attached hydrogens (tertiary/aromatic N) is 3. The first-order valence-corrected chi connectivity index (χ1v) is 9.18. The van der Waals surface area contributed by atoms with E-state index in [0.29, 0.717) is 31.5 Å².